The van der Waals surface area contributed by atoms with Crippen LogP contribution in [0.2, 0.25) is 0 Å². The number of hydrogen-bond acceptors (Lipinski definition) is 4. The topological polar surface area (TPSA) is 58.6 Å². The molecule has 0 atom stereocenters. The number of rotatable bonds is 8. The fourth-order valence-electron chi connectivity index (χ4n) is 3.09. The van der Waals surface area contributed by atoms with Crippen LogP contribution in [-0.4, -0.2) is 29.9 Å². The maximum Gasteiger partial charge on any atom is 0.278 e. The first kappa shape index (κ1) is 19.7. The highest BCUT2D eigenvalue weighted by Crippen LogP contribution is 2.31. The van der Waals surface area contributed by atoms with Crippen molar-refractivity contribution >= 4 is 23.1 Å². The van der Waals surface area contributed by atoms with E-state index in [4.69, 9.17) is 4.74 Å². The molecule has 0 radical (unpaired) electrons. The molecule has 1 aliphatic rings. The summed E-state index contributed by atoms with van der Waals surface area (Å²) in [5.41, 5.74) is 2.19. The Morgan fingerprint density at radius 1 is 0.964 bits per heavy atom. The standard InChI is InChI=1S/C23H26N2O3/c1-4-14-28-19-12-10-17(11-13-19)20-21(24-18-8-6-5-7-9-18)23(27)25(22(20)26)15-16(2)3/h5-13,16,24H,4,14-15H2,1-3H3. The molecule has 2 amide bonds. The minimum absolute atomic E-state index is 0.190. The molecule has 0 bridgehead atoms. The first-order valence-corrected chi connectivity index (χ1v) is 9.67. The zero-order valence-electron chi connectivity index (χ0n) is 16.6. The first-order valence-electron chi connectivity index (χ1n) is 9.67. The molecule has 5 nitrogen and oxygen atoms in total. The average molecular weight is 378 g/mol. The summed E-state index contributed by atoms with van der Waals surface area (Å²) >= 11 is 0. The number of hydrogen-bond donors (Lipinski definition) is 1. The van der Waals surface area contributed by atoms with Crippen molar-refractivity contribution in [2.45, 2.75) is 27.2 Å². The molecule has 5 heteroatoms. The molecular formula is C23H26N2O3. The van der Waals surface area contributed by atoms with Gasteiger partial charge in [-0.1, -0.05) is 51.1 Å². The first-order chi connectivity index (χ1) is 13.5. The highest BCUT2D eigenvalue weighted by atomic mass is 16.5. The molecule has 2 aromatic rings. The monoisotopic (exact) mass is 378 g/mol. The van der Waals surface area contributed by atoms with Gasteiger partial charge in [0, 0.05) is 12.2 Å². The third-order valence-electron chi connectivity index (χ3n) is 4.37. The van der Waals surface area contributed by atoms with Crippen LogP contribution in [0.25, 0.3) is 5.57 Å². The van der Waals surface area contributed by atoms with Crippen molar-refractivity contribution in [3.8, 4) is 5.75 Å². The van der Waals surface area contributed by atoms with E-state index in [-0.39, 0.29) is 17.7 Å². The van der Waals surface area contributed by atoms with Crippen molar-refractivity contribution in [3.05, 3.63) is 65.9 Å². The van der Waals surface area contributed by atoms with Gasteiger partial charge in [0.25, 0.3) is 11.8 Å². The van der Waals surface area contributed by atoms with E-state index in [0.29, 0.717) is 30.0 Å². The molecule has 0 fully saturated rings. The lowest BCUT2D eigenvalue weighted by molar-refractivity contribution is -0.137. The summed E-state index contributed by atoms with van der Waals surface area (Å²) in [6.45, 7) is 7.06. The number of nitrogens with one attached hydrogen (secondary N) is 1. The molecule has 1 aliphatic heterocycles. The summed E-state index contributed by atoms with van der Waals surface area (Å²) in [4.78, 5) is 27.4. The lowest BCUT2D eigenvalue weighted by atomic mass is 10.0. The number of para-hydroxylation sites is 1. The van der Waals surface area contributed by atoms with Crippen LogP contribution in [0.15, 0.2) is 60.3 Å². The Hall–Kier alpha value is -3.08. The average Bonchev–Trinajstić information content (AvgIpc) is 2.92. The van der Waals surface area contributed by atoms with Crippen molar-refractivity contribution in [2.24, 2.45) is 5.92 Å². The zero-order valence-corrected chi connectivity index (χ0v) is 16.6. The molecule has 146 valence electrons. The molecule has 28 heavy (non-hydrogen) atoms. The van der Waals surface area contributed by atoms with Gasteiger partial charge < -0.3 is 10.1 Å². The van der Waals surface area contributed by atoms with E-state index in [1.165, 1.54) is 4.90 Å². The number of ether oxygens (including phenoxy) is 1. The van der Waals surface area contributed by atoms with Crippen LogP contribution >= 0.6 is 0 Å². The fourth-order valence-corrected chi connectivity index (χ4v) is 3.09. The van der Waals surface area contributed by atoms with Crippen LogP contribution < -0.4 is 10.1 Å². The smallest absolute Gasteiger partial charge is 0.278 e. The molecule has 1 heterocycles. The Balaban J connectivity index is 1.97. The van der Waals surface area contributed by atoms with Crippen LogP contribution in [0.1, 0.15) is 32.8 Å². The summed E-state index contributed by atoms with van der Waals surface area (Å²) in [5.74, 6) is 0.387. The van der Waals surface area contributed by atoms with E-state index >= 15 is 0 Å². The highest BCUT2D eigenvalue weighted by molar-refractivity contribution is 6.36. The maximum absolute atomic E-state index is 13.1. The molecule has 1 N–H and O–H groups in total. The molecule has 0 saturated heterocycles. The second-order valence-electron chi connectivity index (χ2n) is 7.23. The number of nitrogens with zero attached hydrogens (tertiary/aromatic N) is 1. The van der Waals surface area contributed by atoms with Gasteiger partial charge in [-0.05, 0) is 42.2 Å². The van der Waals surface area contributed by atoms with E-state index in [1.807, 2.05) is 75.4 Å². The van der Waals surface area contributed by atoms with Crippen molar-refractivity contribution in [2.75, 3.05) is 18.5 Å². The largest absolute Gasteiger partial charge is 0.494 e. The molecule has 3 rings (SSSR count). The Morgan fingerprint density at radius 3 is 2.25 bits per heavy atom. The van der Waals surface area contributed by atoms with Crippen LogP contribution in [0.5, 0.6) is 5.75 Å². The molecule has 0 aromatic heterocycles. The van der Waals surface area contributed by atoms with E-state index < -0.39 is 0 Å². The third-order valence-corrected chi connectivity index (χ3v) is 4.37. The van der Waals surface area contributed by atoms with Gasteiger partial charge in [0.1, 0.15) is 11.4 Å². The minimum Gasteiger partial charge on any atom is -0.494 e. The number of carbonyl (C=O) groups is 2. The maximum atomic E-state index is 13.1. The van der Waals surface area contributed by atoms with E-state index in [9.17, 15) is 9.59 Å². The Bertz CT molecular complexity index is 870. The molecule has 0 aliphatic carbocycles. The van der Waals surface area contributed by atoms with Gasteiger partial charge in [-0.3, -0.25) is 14.5 Å². The van der Waals surface area contributed by atoms with Crippen molar-refractivity contribution < 1.29 is 14.3 Å². The van der Waals surface area contributed by atoms with E-state index in [1.54, 1.807) is 0 Å². The second kappa shape index (κ2) is 8.74. The van der Waals surface area contributed by atoms with E-state index in [0.717, 1.165) is 17.9 Å². The van der Waals surface area contributed by atoms with Gasteiger partial charge in [0.2, 0.25) is 0 Å². The summed E-state index contributed by atoms with van der Waals surface area (Å²) in [5, 5.41) is 3.16. The van der Waals surface area contributed by atoms with Gasteiger partial charge in [0.15, 0.2) is 0 Å². The SMILES string of the molecule is CCCOc1ccc(C2=C(Nc3ccccc3)C(=O)N(CC(C)C)C2=O)cc1. The predicted molar refractivity (Wildman–Crippen MR) is 111 cm³/mol. The summed E-state index contributed by atoms with van der Waals surface area (Å²) in [6, 6.07) is 16.7. The van der Waals surface area contributed by atoms with Crippen LogP contribution in [0.3, 0.4) is 0 Å². The number of benzene rings is 2. The number of anilines is 1. The third kappa shape index (κ3) is 4.25. The van der Waals surface area contributed by atoms with E-state index in [2.05, 4.69) is 5.32 Å². The lowest BCUT2D eigenvalue weighted by Crippen LogP contribution is -2.35. The molecule has 0 saturated carbocycles. The molecule has 0 spiro atoms. The second-order valence-corrected chi connectivity index (χ2v) is 7.23. The quantitative estimate of drug-likeness (QED) is 0.695. The Kier molecular flexibility index (Phi) is 6.14. The summed E-state index contributed by atoms with van der Waals surface area (Å²) in [7, 11) is 0. The molecule has 2 aromatic carbocycles. The van der Waals surface area contributed by atoms with Gasteiger partial charge in [0.05, 0.1) is 12.2 Å². The van der Waals surface area contributed by atoms with Gasteiger partial charge in [-0.2, -0.15) is 0 Å². The van der Waals surface area contributed by atoms with Crippen LogP contribution in [-0.2, 0) is 9.59 Å². The minimum atomic E-state index is -0.288. The van der Waals surface area contributed by atoms with Crippen LogP contribution in [0, 0.1) is 5.92 Å². The zero-order chi connectivity index (χ0) is 20.1. The van der Waals surface area contributed by atoms with Gasteiger partial charge in [-0.25, -0.2) is 0 Å². The van der Waals surface area contributed by atoms with Crippen molar-refractivity contribution in [1.82, 2.24) is 4.90 Å². The number of carbonyl (C=O) groups excluding carboxylic acids is 2. The molecule has 0 unspecified atom stereocenters. The Labute approximate surface area is 166 Å². The molecular weight excluding hydrogens is 352 g/mol. The lowest BCUT2D eigenvalue weighted by Gasteiger charge is -2.17. The highest BCUT2D eigenvalue weighted by Gasteiger charge is 2.39. The number of imide groups is 1. The number of amides is 2. The van der Waals surface area contributed by atoms with Crippen molar-refractivity contribution in [3.63, 3.8) is 0 Å². The fraction of sp³-hybridized carbons (Fsp3) is 0.304. The van der Waals surface area contributed by atoms with Crippen molar-refractivity contribution in [1.29, 1.82) is 0 Å². The van der Waals surface area contributed by atoms with Crippen LogP contribution in [0.4, 0.5) is 5.69 Å². The van der Waals surface area contributed by atoms with Gasteiger partial charge in [-0.15, -0.1) is 0 Å². The summed E-state index contributed by atoms with van der Waals surface area (Å²) < 4.78 is 5.62. The normalized spacial score (nSPS) is 14.2. The Morgan fingerprint density at radius 2 is 1.64 bits per heavy atom. The van der Waals surface area contributed by atoms with Gasteiger partial charge >= 0.3 is 0 Å². The predicted octanol–water partition coefficient (Wildman–Crippen LogP) is 4.32. The summed E-state index contributed by atoms with van der Waals surface area (Å²) in [6.07, 6.45) is 0.926.